The molecule has 0 saturated heterocycles. The minimum Gasteiger partial charge on any atom is -0.321 e. The van der Waals surface area contributed by atoms with Gasteiger partial charge in [0.1, 0.15) is 0 Å². The molecular weight excluding hydrogens is 845 g/mol. The van der Waals surface area contributed by atoms with E-state index in [2.05, 4.69) is 21.3 Å². The average Bonchev–Trinajstić information content (AvgIpc) is 3.12. The smallest absolute Gasteiger partial charge is 0.321 e. The van der Waals surface area contributed by atoms with Gasteiger partial charge in [-0.3, -0.25) is 27.8 Å². The molecule has 0 radical (unpaired) electrons. The van der Waals surface area contributed by atoms with E-state index in [0.29, 0.717) is 0 Å². The number of urea groups is 1. The highest BCUT2D eigenvalue weighted by molar-refractivity contribution is 7.86. The summed E-state index contributed by atoms with van der Waals surface area (Å²) in [6, 6.07) is 20.2. The molecule has 0 aliphatic rings. The molecular formula is C35H26N4O15S4. The molecule has 0 atom stereocenters. The van der Waals surface area contributed by atoms with Crippen LogP contribution < -0.4 is 21.3 Å². The van der Waals surface area contributed by atoms with Crippen LogP contribution in [0.15, 0.2) is 129 Å². The molecule has 6 rings (SSSR count). The third-order valence-electron chi connectivity index (χ3n) is 8.25. The molecule has 0 fully saturated rings. The van der Waals surface area contributed by atoms with Gasteiger partial charge in [0.05, 0.1) is 31.0 Å². The van der Waals surface area contributed by atoms with Gasteiger partial charge in [0.15, 0.2) is 0 Å². The Balaban J connectivity index is 1.18. The molecule has 0 heterocycles. The first-order valence-electron chi connectivity index (χ1n) is 15.9. The quantitative estimate of drug-likeness (QED) is 0.0828. The Hall–Kier alpha value is -6.31. The fourth-order valence-corrected chi connectivity index (χ4v) is 7.74. The first-order chi connectivity index (χ1) is 27.0. The van der Waals surface area contributed by atoms with Crippen LogP contribution in [0.25, 0.3) is 21.5 Å². The second-order valence-corrected chi connectivity index (χ2v) is 17.9. The minimum atomic E-state index is -4.85. The second-order valence-electron chi connectivity index (χ2n) is 12.3. The third-order valence-corrected chi connectivity index (χ3v) is 11.6. The average molecular weight is 871 g/mol. The highest BCUT2D eigenvalue weighted by Crippen LogP contribution is 2.32. The molecule has 300 valence electrons. The van der Waals surface area contributed by atoms with E-state index in [4.69, 9.17) is 0 Å². The Morgan fingerprint density at radius 2 is 0.741 bits per heavy atom. The first kappa shape index (κ1) is 41.3. The van der Waals surface area contributed by atoms with Crippen molar-refractivity contribution in [1.82, 2.24) is 0 Å². The summed E-state index contributed by atoms with van der Waals surface area (Å²) < 4.78 is 133. The number of benzene rings is 6. The second kappa shape index (κ2) is 15.2. The van der Waals surface area contributed by atoms with Crippen molar-refractivity contribution >= 4 is 103 Å². The third kappa shape index (κ3) is 9.44. The van der Waals surface area contributed by atoms with Crippen molar-refractivity contribution in [3.63, 3.8) is 0 Å². The zero-order valence-corrected chi connectivity index (χ0v) is 32.1. The molecule has 8 N–H and O–H groups in total. The number of hydrogen-bond acceptors (Lipinski definition) is 11. The molecule has 4 amide bonds. The lowest BCUT2D eigenvalue weighted by atomic mass is 10.1. The topological polar surface area (TPSA) is 317 Å². The van der Waals surface area contributed by atoms with Gasteiger partial charge < -0.3 is 21.3 Å². The van der Waals surface area contributed by atoms with Crippen molar-refractivity contribution in [2.75, 3.05) is 21.3 Å². The van der Waals surface area contributed by atoms with Gasteiger partial charge in [-0.05, 0) is 95.7 Å². The van der Waals surface area contributed by atoms with Crippen LogP contribution in [0.4, 0.5) is 27.5 Å². The van der Waals surface area contributed by atoms with E-state index in [1.54, 1.807) is 0 Å². The molecule has 6 aromatic rings. The zero-order valence-electron chi connectivity index (χ0n) is 28.8. The molecule has 23 heteroatoms. The highest BCUT2D eigenvalue weighted by atomic mass is 32.2. The van der Waals surface area contributed by atoms with E-state index in [-0.39, 0.29) is 55.4 Å². The number of hydrogen-bond donors (Lipinski definition) is 8. The predicted octanol–water partition coefficient (Wildman–Crippen LogP) is 5.13. The number of fused-ring (bicyclic) bond motifs is 2. The maximum absolute atomic E-state index is 13.3. The van der Waals surface area contributed by atoms with Gasteiger partial charge >= 0.3 is 6.03 Å². The Bertz CT molecular complexity index is 2970. The highest BCUT2D eigenvalue weighted by Gasteiger charge is 2.21. The SMILES string of the molecule is O=C(Nc1cccc(C(=O)Nc2cc(S(=O)(=O)O)cc3cc(S(=O)(=O)O)ccc23)c1)Nc1cccc(C(=O)Nc2cc(S(=O)(=O)O)cc3cc(S(=O)(=O)O)ccc23)c1. The normalized spacial score (nSPS) is 12.2. The molecule has 58 heavy (non-hydrogen) atoms. The molecule has 0 unspecified atom stereocenters. The molecule has 0 saturated carbocycles. The number of anilines is 4. The standard InChI is InChI=1S/C35H26N4O15S4/c40-33(38-31-17-27(57(49,50)51)15-21-13-25(55(43,44)45)7-9-29(21)31)19-3-1-5-23(11-19)36-35(42)37-24-6-2-4-20(12-24)34(41)39-32-18-28(58(52,53)54)16-22-14-26(56(46,47)48)8-10-30(22)32/h1-18H,(H,38,40)(H,39,41)(H2,36,37,42)(H,43,44,45)(H,46,47,48)(H,49,50,51)(H,52,53,54). The van der Waals surface area contributed by atoms with Crippen LogP contribution in [0.5, 0.6) is 0 Å². The molecule has 0 aliphatic heterocycles. The van der Waals surface area contributed by atoms with E-state index in [1.807, 2.05) is 0 Å². The number of carbonyl (C=O) groups excluding carboxylic acids is 3. The summed E-state index contributed by atoms with van der Waals surface area (Å²) in [5, 5.41) is 10.2. The largest absolute Gasteiger partial charge is 0.323 e. The van der Waals surface area contributed by atoms with Crippen molar-refractivity contribution in [3.8, 4) is 0 Å². The molecule has 0 aromatic heterocycles. The summed E-state index contributed by atoms with van der Waals surface area (Å²) in [6.07, 6.45) is 0. The van der Waals surface area contributed by atoms with E-state index in [0.717, 1.165) is 48.5 Å². The van der Waals surface area contributed by atoms with Gasteiger partial charge in [-0.15, -0.1) is 0 Å². The maximum Gasteiger partial charge on any atom is 0.323 e. The lowest BCUT2D eigenvalue weighted by Crippen LogP contribution is -2.20. The Morgan fingerprint density at radius 3 is 1.09 bits per heavy atom. The molecule has 19 nitrogen and oxygen atoms in total. The monoisotopic (exact) mass is 870 g/mol. The van der Waals surface area contributed by atoms with Gasteiger partial charge in [-0.25, -0.2) is 4.79 Å². The minimum absolute atomic E-state index is 0.0452. The van der Waals surface area contributed by atoms with Crippen molar-refractivity contribution in [1.29, 1.82) is 0 Å². The van der Waals surface area contributed by atoms with Crippen LogP contribution in [0.2, 0.25) is 0 Å². The summed E-state index contributed by atoms with van der Waals surface area (Å²) in [7, 11) is -19.1. The van der Waals surface area contributed by atoms with Crippen LogP contribution in [0.3, 0.4) is 0 Å². The lowest BCUT2D eigenvalue weighted by molar-refractivity contribution is 0.101. The summed E-state index contributed by atoms with van der Waals surface area (Å²) in [5.74, 6) is -1.63. The summed E-state index contributed by atoms with van der Waals surface area (Å²) in [5.41, 5.74) is -0.204. The van der Waals surface area contributed by atoms with Crippen molar-refractivity contribution in [2.24, 2.45) is 0 Å². The van der Waals surface area contributed by atoms with E-state index >= 15 is 0 Å². The van der Waals surface area contributed by atoms with Gasteiger partial charge in [0, 0.05) is 33.3 Å². The molecule has 6 aromatic carbocycles. The van der Waals surface area contributed by atoms with Crippen molar-refractivity contribution in [2.45, 2.75) is 19.6 Å². The van der Waals surface area contributed by atoms with Crippen molar-refractivity contribution in [3.05, 3.63) is 120 Å². The molecule has 0 aliphatic carbocycles. The Morgan fingerprint density at radius 1 is 0.397 bits per heavy atom. The summed E-state index contributed by atoms with van der Waals surface area (Å²) in [6.45, 7) is 0. The van der Waals surface area contributed by atoms with Crippen LogP contribution in [-0.2, 0) is 40.5 Å². The van der Waals surface area contributed by atoms with Gasteiger partial charge in [0.25, 0.3) is 52.3 Å². The van der Waals surface area contributed by atoms with Gasteiger partial charge in [0.2, 0.25) is 0 Å². The van der Waals surface area contributed by atoms with E-state index in [1.165, 1.54) is 60.7 Å². The number of nitrogens with one attached hydrogen (secondary N) is 4. The predicted molar refractivity (Wildman–Crippen MR) is 209 cm³/mol. The van der Waals surface area contributed by atoms with Crippen LogP contribution in [0, 0.1) is 0 Å². The summed E-state index contributed by atoms with van der Waals surface area (Å²) in [4.78, 5) is 37.1. The fourth-order valence-electron chi connectivity index (χ4n) is 5.63. The maximum atomic E-state index is 13.3. The van der Waals surface area contributed by atoms with Gasteiger partial charge in [-0.2, -0.15) is 33.7 Å². The fraction of sp³-hybridized carbons (Fsp3) is 0. The van der Waals surface area contributed by atoms with Crippen LogP contribution in [0.1, 0.15) is 20.7 Å². The number of carbonyl (C=O) groups is 3. The van der Waals surface area contributed by atoms with Gasteiger partial charge in [-0.1, -0.05) is 24.3 Å². The first-order valence-corrected chi connectivity index (χ1v) is 21.7. The lowest BCUT2D eigenvalue weighted by Gasteiger charge is -2.13. The zero-order chi connectivity index (χ0) is 42.4. The number of amides is 4. The molecule has 0 spiro atoms. The van der Waals surface area contributed by atoms with E-state index in [9.17, 15) is 66.3 Å². The van der Waals surface area contributed by atoms with E-state index < -0.39 is 77.9 Å². The summed E-state index contributed by atoms with van der Waals surface area (Å²) >= 11 is 0. The van der Waals surface area contributed by atoms with Crippen LogP contribution >= 0.6 is 0 Å². The Labute approximate surface area is 328 Å². The number of rotatable bonds is 10. The molecule has 0 bridgehead atoms. The van der Waals surface area contributed by atoms with Crippen molar-refractivity contribution < 1.29 is 66.3 Å². The van der Waals surface area contributed by atoms with Crippen LogP contribution in [-0.4, -0.2) is 69.7 Å². The Kier molecular flexibility index (Phi) is 10.8.